The fourth-order valence-electron chi connectivity index (χ4n) is 4.88. The molecule has 0 radical (unpaired) electrons. The summed E-state index contributed by atoms with van der Waals surface area (Å²) in [4.78, 5) is 0. The first kappa shape index (κ1) is 24.9. The summed E-state index contributed by atoms with van der Waals surface area (Å²) in [7, 11) is -3.90. The second kappa shape index (κ2) is 13.9. The lowest BCUT2D eigenvalue weighted by molar-refractivity contribution is -0.951. The van der Waals surface area contributed by atoms with Crippen molar-refractivity contribution >= 4 is 10.1 Å². The van der Waals surface area contributed by atoms with E-state index in [1.165, 1.54) is 83.5 Å². The van der Waals surface area contributed by atoms with Crippen LogP contribution in [0.5, 0.6) is 0 Å². The maximum atomic E-state index is 11.6. The van der Waals surface area contributed by atoms with E-state index in [0.717, 1.165) is 37.0 Å². The molecule has 1 saturated heterocycles. The topological polar surface area (TPSA) is 54.4 Å². The van der Waals surface area contributed by atoms with Crippen LogP contribution in [-0.4, -0.2) is 48.9 Å². The molecule has 1 fully saturated rings. The Bertz CT molecular complexity index is 458. The van der Waals surface area contributed by atoms with E-state index in [2.05, 4.69) is 13.8 Å². The molecule has 162 valence electrons. The summed E-state index contributed by atoms with van der Waals surface area (Å²) in [6.07, 6.45) is 19.0. The molecule has 1 aliphatic rings. The lowest BCUT2D eigenvalue weighted by atomic mass is 9.99. The van der Waals surface area contributed by atoms with Crippen LogP contribution >= 0.6 is 0 Å². The molecule has 4 nitrogen and oxygen atoms in total. The number of likely N-dealkylation sites (tertiary alicyclic amines) is 1. The van der Waals surface area contributed by atoms with Gasteiger partial charge in [-0.05, 0) is 32.6 Å². The van der Waals surface area contributed by atoms with Crippen molar-refractivity contribution in [2.75, 3.05) is 25.4 Å². The monoisotopic (exact) mass is 404 g/mol. The molecule has 1 unspecified atom stereocenters. The Morgan fingerprint density at radius 1 is 0.778 bits per heavy atom. The van der Waals surface area contributed by atoms with Crippen molar-refractivity contribution in [1.29, 1.82) is 0 Å². The van der Waals surface area contributed by atoms with E-state index >= 15 is 0 Å². The first-order valence-corrected chi connectivity index (χ1v) is 13.4. The SMILES string of the molecule is CCCCCCCCCCCCCC(CS(=O)(=O)O)[N+]1(CC)CCCCC1. The first-order valence-electron chi connectivity index (χ1n) is 11.7. The summed E-state index contributed by atoms with van der Waals surface area (Å²) in [6, 6.07) is 0.0730. The average molecular weight is 405 g/mol. The van der Waals surface area contributed by atoms with Crippen LogP contribution in [-0.2, 0) is 10.1 Å². The van der Waals surface area contributed by atoms with Crippen LogP contribution in [0, 0.1) is 0 Å². The predicted molar refractivity (Wildman–Crippen MR) is 116 cm³/mol. The zero-order valence-corrected chi connectivity index (χ0v) is 18.9. The lowest BCUT2D eigenvalue weighted by Crippen LogP contribution is -2.60. The molecule has 1 aliphatic heterocycles. The molecule has 0 saturated carbocycles. The predicted octanol–water partition coefficient (Wildman–Crippen LogP) is 5.96. The molecule has 1 N–H and O–H groups in total. The molecular formula is C22H46NO3S+. The van der Waals surface area contributed by atoms with Crippen LogP contribution in [0.2, 0.25) is 0 Å². The summed E-state index contributed by atoms with van der Waals surface area (Å²) in [6.45, 7) is 7.58. The Balaban J connectivity index is 2.28. The second-order valence-corrected chi connectivity index (χ2v) is 10.3. The minimum atomic E-state index is -3.90. The Morgan fingerprint density at radius 2 is 1.26 bits per heavy atom. The first-order chi connectivity index (χ1) is 12.9. The number of hydrogen-bond donors (Lipinski definition) is 1. The standard InChI is InChI=1S/C22H45NO3S/c1-3-5-6-7-8-9-10-11-12-13-15-18-22(21-27(24,25)26)23(4-2)19-16-14-17-20-23/h22H,3-21H2,1-2H3/p+1. The van der Waals surface area contributed by atoms with Crippen LogP contribution in [0.3, 0.4) is 0 Å². The Labute approximate surface area is 169 Å². The maximum Gasteiger partial charge on any atom is 0.270 e. The second-order valence-electron chi connectivity index (χ2n) is 8.77. The van der Waals surface area contributed by atoms with Gasteiger partial charge in [-0.2, -0.15) is 8.42 Å². The van der Waals surface area contributed by atoms with Crippen molar-refractivity contribution in [2.24, 2.45) is 0 Å². The van der Waals surface area contributed by atoms with Gasteiger partial charge in [0.1, 0.15) is 11.8 Å². The molecule has 1 atom stereocenters. The van der Waals surface area contributed by atoms with Gasteiger partial charge in [-0.15, -0.1) is 0 Å². The smallest absolute Gasteiger partial charge is 0.270 e. The van der Waals surface area contributed by atoms with Crippen LogP contribution in [0.25, 0.3) is 0 Å². The minimum Gasteiger partial charge on any atom is -0.320 e. The third-order valence-corrected chi connectivity index (χ3v) is 7.46. The van der Waals surface area contributed by atoms with Crippen molar-refractivity contribution < 1.29 is 17.5 Å². The number of unbranched alkanes of at least 4 members (excludes halogenated alkanes) is 10. The van der Waals surface area contributed by atoms with Crippen LogP contribution < -0.4 is 0 Å². The Morgan fingerprint density at radius 3 is 1.70 bits per heavy atom. The summed E-state index contributed by atoms with van der Waals surface area (Å²) in [5.74, 6) is -0.0569. The van der Waals surface area contributed by atoms with Crippen LogP contribution in [0.1, 0.15) is 110 Å². The van der Waals surface area contributed by atoms with Crippen LogP contribution in [0.4, 0.5) is 0 Å². The van der Waals surface area contributed by atoms with Crippen molar-refractivity contribution in [3.05, 3.63) is 0 Å². The van der Waals surface area contributed by atoms with Gasteiger partial charge in [-0.25, -0.2) is 0 Å². The van der Waals surface area contributed by atoms with Gasteiger partial charge in [0.15, 0.2) is 0 Å². The fourth-order valence-corrected chi connectivity index (χ4v) is 5.85. The van der Waals surface area contributed by atoms with Gasteiger partial charge in [0, 0.05) is 6.42 Å². The number of quaternary nitrogens is 1. The van der Waals surface area contributed by atoms with E-state index < -0.39 is 10.1 Å². The zero-order chi connectivity index (χ0) is 20.0. The third-order valence-electron chi connectivity index (χ3n) is 6.66. The molecule has 5 heteroatoms. The van der Waals surface area contributed by atoms with Gasteiger partial charge in [0.2, 0.25) is 0 Å². The zero-order valence-electron chi connectivity index (χ0n) is 18.1. The third kappa shape index (κ3) is 10.8. The largest absolute Gasteiger partial charge is 0.320 e. The molecule has 1 heterocycles. The lowest BCUT2D eigenvalue weighted by Gasteiger charge is -2.46. The molecule has 0 aromatic rings. The molecule has 0 aliphatic carbocycles. The summed E-state index contributed by atoms with van der Waals surface area (Å²) in [5.41, 5.74) is 0. The van der Waals surface area contributed by atoms with E-state index in [0.29, 0.717) is 0 Å². The van der Waals surface area contributed by atoms with E-state index in [9.17, 15) is 13.0 Å². The minimum absolute atomic E-state index is 0.0569. The highest BCUT2D eigenvalue weighted by Crippen LogP contribution is 2.27. The normalized spacial score (nSPS) is 18.5. The van der Waals surface area contributed by atoms with E-state index in [4.69, 9.17) is 0 Å². The maximum absolute atomic E-state index is 11.6. The highest BCUT2D eigenvalue weighted by atomic mass is 32.2. The van der Waals surface area contributed by atoms with Crippen molar-refractivity contribution in [3.63, 3.8) is 0 Å². The average Bonchev–Trinajstić information content (AvgIpc) is 2.64. The molecule has 0 bridgehead atoms. The molecule has 1 rings (SSSR count). The van der Waals surface area contributed by atoms with Crippen molar-refractivity contribution in [1.82, 2.24) is 0 Å². The number of piperidine rings is 1. The van der Waals surface area contributed by atoms with Crippen LogP contribution in [0.15, 0.2) is 0 Å². The van der Waals surface area contributed by atoms with Gasteiger partial charge in [-0.1, -0.05) is 71.1 Å². The van der Waals surface area contributed by atoms with E-state index in [1.54, 1.807) is 0 Å². The van der Waals surface area contributed by atoms with Crippen molar-refractivity contribution in [3.8, 4) is 0 Å². The van der Waals surface area contributed by atoms with Gasteiger partial charge in [0.25, 0.3) is 10.1 Å². The van der Waals surface area contributed by atoms with Gasteiger partial charge >= 0.3 is 0 Å². The fraction of sp³-hybridized carbons (Fsp3) is 1.00. The molecule has 0 amide bonds. The molecule has 0 aromatic heterocycles. The molecule has 27 heavy (non-hydrogen) atoms. The Hall–Kier alpha value is -0.130. The van der Waals surface area contributed by atoms with E-state index in [1.807, 2.05) is 0 Å². The van der Waals surface area contributed by atoms with Gasteiger partial charge in [0.05, 0.1) is 19.6 Å². The van der Waals surface area contributed by atoms with Gasteiger partial charge < -0.3 is 4.48 Å². The molecule has 0 spiro atoms. The number of hydrogen-bond acceptors (Lipinski definition) is 2. The highest BCUT2D eigenvalue weighted by Gasteiger charge is 2.38. The summed E-state index contributed by atoms with van der Waals surface area (Å²) >= 11 is 0. The van der Waals surface area contributed by atoms with E-state index in [-0.39, 0.29) is 11.8 Å². The number of rotatable bonds is 16. The summed E-state index contributed by atoms with van der Waals surface area (Å²) in [5, 5.41) is 0. The summed E-state index contributed by atoms with van der Waals surface area (Å²) < 4.78 is 33.5. The highest BCUT2D eigenvalue weighted by molar-refractivity contribution is 7.85. The molecule has 0 aromatic carbocycles. The number of nitrogens with zero attached hydrogens (tertiary/aromatic N) is 1. The quantitative estimate of drug-likeness (QED) is 0.196. The van der Waals surface area contributed by atoms with Crippen molar-refractivity contribution in [2.45, 2.75) is 116 Å². The van der Waals surface area contributed by atoms with Gasteiger partial charge in [-0.3, -0.25) is 4.55 Å². The Kier molecular flexibility index (Phi) is 12.9. The molecular weight excluding hydrogens is 358 g/mol.